The van der Waals surface area contributed by atoms with Gasteiger partial charge in [-0.25, -0.2) is 0 Å². The quantitative estimate of drug-likeness (QED) is 0.449. The van der Waals surface area contributed by atoms with Crippen LogP contribution in [0.15, 0.2) is 11.6 Å². The Morgan fingerprint density at radius 1 is 1.00 bits per heavy atom. The van der Waals surface area contributed by atoms with Gasteiger partial charge in [0.25, 0.3) is 5.91 Å². The van der Waals surface area contributed by atoms with Crippen LogP contribution in [-0.2, 0) is 28.7 Å². The van der Waals surface area contributed by atoms with Crippen molar-refractivity contribution in [2.75, 3.05) is 0 Å². The summed E-state index contributed by atoms with van der Waals surface area (Å²) in [4.78, 5) is 49.8. The fourth-order valence-corrected chi connectivity index (χ4v) is 8.13. The fourth-order valence-electron chi connectivity index (χ4n) is 8.13. The summed E-state index contributed by atoms with van der Waals surface area (Å²) in [6.45, 7) is 9.40. The highest BCUT2D eigenvalue weighted by Crippen LogP contribution is 2.68. The van der Waals surface area contributed by atoms with Crippen LogP contribution in [0.3, 0.4) is 0 Å². The number of esters is 2. The third-order valence-electron chi connectivity index (χ3n) is 10.0. The first-order chi connectivity index (χ1) is 16.5. The van der Waals surface area contributed by atoms with Crippen LogP contribution in [0, 0.1) is 28.6 Å². The van der Waals surface area contributed by atoms with Gasteiger partial charge in [0.05, 0.1) is 0 Å². The summed E-state index contributed by atoms with van der Waals surface area (Å²) >= 11 is 0. The van der Waals surface area contributed by atoms with E-state index in [1.54, 1.807) is 13.8 Å². The largest absolute Gasteiger partial charge is 0.462 e. The molecule has 0 radical (unpaired) electrons. The third-order valence-corrected chi connectivity index (χ3v) is 10.0. The zero-order valence-electron chi connectivity index (χ0n) is 21.9. The Morgan fingerprint density at radius 3 is 2.37 bits per heavy atom. The lowest BCUT2D eigenvalue weighted by Crippen LogP contribution is -2.62. The average molecular weight is 488 g/mol. The van der Waals surface area contributed by atoms with E-state index in [0.717, 1.165) is 44.9 Å². The predicted molar refractivity (Wildman–Crippen MR) is 130 cm³/mol. The minimum Gasteiger partial charge on any atom is -0.462 e. The first-order valence-electron chi connectivity index (χ1n) is 13.4. The molecule has 7 atom stereocenters. The Kier molecular flexibility index (Phi) is 6.93. The van der Waals surface area contributed by atoms with E-state index in [-0.39, 0.29) is 42.2 Å². The van der Waals surface area contributed by atoms with Gasteiger partial charge in [-0.2, -0.15) is 0 Å². The predicted octanol–water partition coefficient (Wildman–Crippen LogP) is 4.63. The summed E-state index contributed by atoms with van der Waals surface area (Å²) in [5.74, 6) is -0.296. The number of ether oxygens (including phenoxy) is 2. The van der Waals surface area contributed by atoms with Crippen LogP contribution >= 0.6 is 0 Å². The van der Waals surface area contributed by atoms with Gasteiger partial charge in [-0.15, -0.1) is 0 Å². The van der Waals surface area contributed by atoms with Crippen LogP contribution in [0.2, 0.25) is 0 Å². The van der Waals surface area contributed by atoms with Gasteiger partial charge >= 0.3 is 11.9 Å². The van der Waals surface area contributed by atoms with Crippen molar-refractivity contribution in [1.82, 2.24) is 5.32 Å². The molecule has 0 unspecified atom stereocenters. The first kappa shape index (κ1) is 25.9. The molecule has 0 aromatic rings. The van der Waals surface area contributed by atoms with E-state index in [4.69, 9.17) is 9.47 Å². The molecule has 194 valence electrons. The fraction of sp³-hybridized carbons (Fsp3) is 0.786. The maximum absolute atomic E-state index is 13.6. The number of carbonyl (C=O) groups is 4. The van der Waals surface area contributed by atoms with Gasteiger partial charge in [-0.1, -0.05) is 39.3 Å². The SMILES string of the molecule is CCC(=O)NC(=O)[C@@]1(OC(=O)CC)CC[C@H]2[C@@H]3CC=C4C[C@@H](OC(C)=O)CC[C@]4(C)[C@H]3CC[C@@]21C. The minimum atomic E-state index is -1.31. The summed E-state index contributed by atoms with van der Waals surface area (Å²) in [6, 6.07) is 0. The smallest absolute Gasteiger partial charge is 0.306 e. The van der Waals surface area contributed by atoms with E-state index in [1.165, 1.54) is 12.5 Å². The van der Waals surface area contributed by atoms with Crippen LogP contribution in [0.1, 0.15) is 98.8 Å². The molecule has 0 spiro atoms. The van der Waals surface area contributed by atoms with Gasteiger partial charge in [0.2, 0.25) is 5.91 Å². The van der Waals surface area contributed by atoms with E-state index < -0.39 is 22.9 Å². The summed E-state index contributed by atoms with van der Waals surface area (Å²) in [6.07, 6.45) is 9.30. The maximum Gasteiger partial charge on any atom is 0.306 e. The van der Waals surface area contributed by atoms with Crippen LogP contribution in [0.25, 0.3) is 0 Å². The Labute approximate surface area is 208 Å². The lowest BCUT2D eigenvalue weighted by Gasteiger charge is -2.59. The molecule has 0 aliphatic heterocycles. The average Bonchev–Trinajstić information content (AvgIpc) is 3.11. The second-order valence-electron chi connectivity index (χ2n) is 11.6. The van der Waals surface area contributed by atoms with Gasteiger partial charge in [0.1, 0.15) is 6.10 Å². The summed E-state index contributed by atoms with van der Waals surface area (Å²) in [5, 5.41) is 2.54. The third kappa shape index (κ3) is 4.13. The molecule has 0 bridgehead atoms. The number of nitrogens with one attached hydrogen (secondary N) is 1. The highest BCUT2D eigenvalue weighted by molar-refractivity contribution is 6.01. The molecular formula is C28H41NO6. The van der Waals surface area contributed by atoms with Gasteiger partial charge in [0.15, 0.2) is 5.60 Å². The number of carbonyl (C=O) groups excluding carboxylic acids is 4. The van der Waals surface area contributed by atoms with Crippen molar-refractivity contribution in [2.45, 2.75) is 111 Å². The number of fused-ring (bicyclic) bond motifs is 5. The van der Waals surface area contributed by atoms with Crippen molar-refractivity contribution in [3.05, 3.63) is 11.6 Å². The maximum atomic E-state index is 13.6. The summed E-state index contributed by atoms with van der Waals surface area (Å²) < 4.78 is 11.6. The van der Waals surface area contributed by atoms with Crippen LogP contribution in [0.5, 0.6) is 0 Å². The molecule has 2 amide bonds. The van der Waals surface area contributed by atoms with Crippen molar-refractivity contribution < 1.29 is 28.7 Å². The van der Waals surface area contributed by atoms with Crippen molar-refractivity contribution in [2.24, 2.45) is 28.6 Å². The molecule has 0 aromatic heterocycles. The Hall–Kier alpha value is -2.18. The molecule has 3 fully saturated rings. The monoisotopic (exact) mass is 487 g/mol. The molecule has 4 rings (SSSR count). The second kappa shape index (κ2) is 9.36. The minimum absolute atomic E-state index is 0.0374. The number of allylic oxidation sites excluding steroid dienone is 1. The van der Waals surface area contributed by atoms with E-state index in [9.17, 15) is 19.2 Å². The lowest BCUT2D eigenvalue weighted by atomic mass is 9.47. The topological polar surface area (TPSA) is 98.8 Å². The van der Waals surface area contributed by atoms with Crippen LogP contribution < -0.4 is 5.32 Å². The molecule has 0 aromatic carbocycles. The molecule has 7 heteroatoms. The highest BCUT2D eigenvalue weighted by atomic mass is 16.6. The highest BCUT2D eigenvalue weighted by Gasteiger charge is 2.69. The van der Waals surface area contributed by atoms with E-state index in [0.29, 0.717) is 18.3 Å². The lowest BCUT2D eigenvalue weighted by molar-refractivity contribution is -0.191. The molecule has 7 nitrogen and oxygen atoms in total. The number of hydrogen-bond donors (Lipinski definition) is 1. The van der Waals surface area contributed by atoms with Crippen molar-refractivity contribution in [1.29, 1.82) is 0 Å². The van der Waals surface area contributed by atoms with Crippen LogP contribution in [-0.4, -0.2) is 35.5 Å². The van der Waals surface area contributed by atoms with Crippen molar-refractivity contribution in [3.8, 4) is 0 Å². The van der Waals surface area contributed by atoms with E-state index >= 15 is 0 Å². The Morgan fingerprint density at radius 2 is 1.71 bits per heavy atom. The number of imide groups is 1. The summed E-state index contributed by atoms with van der Waals surface area (Å²) in [5.41, 5.74) is -0.355. The molecule has 0 heterocycles. The van der Waals surface area contributed by atoms with Crippen LogP contribution in [0.4, 0.5) is 0 Å². The first-order valence-corrected chi connectivity index (χ1v) is 13.4. The Bertz CT molecular complexity index is 942. The molecule has 3 saturated carbocycles. The van der Waals surface area contributed by atoms with Gasteiger partial charge < -0.3 is 9.47 Å². The molecule has 4 aliphatic rings. The van der Waals surface area contributed by atoms with Crippen molar-refractivity contribution in [3.63, 3.8) is 0 Å². The van der Waals surface area contributed by atoms with E-state index in [2.05, 4.69) is 25.2 Å². The molecule has 0 saturated heterocycles. The zero-order chi connectivity index (χ0) is 25.6. The molecular weight excluding hydrogens is 446 g/mol. The number of rotatable bonds is 5. The second-order valence-corrected chi connectivity index (χ2v) is 11.6. The molecule has 4 aliphatic carbocycles. The van der Waals surface area contributed by atoms with Gasteiger partial charge in [-0.05, 0) is 68.1 Å². The number of amides is 2. The standard InChI is InChI=1S/C28H41NO6/c1-6-23(31)29-25(33)28(35-24(32)7-2)15-12-22-20-9-8-18-16-19(34-17(3)30)10-13-26(18,4)21(20)11-14-27(22,28)5/h8,19-22H,6-7,9-16H2,1-5H3,(H,29,31,33)/t19-,20+,21-,22-,26-,27-,28-/m0/s1. The van der Waals surface area contributed by atoms with E-state index in [1.807, 2.05) is 0 Å². The zero-order valence-corrected chi connectivity index (χ0v) is 21.9. The van der Waals surface area contributed by atoms with Crippen molar-refractivity contribution >= 4 is 23.8 Å². The van der Waals surface area contributed by atoms with Gasteiger partial charge in [-0.3, -0.25) is 24.5 Å². The Balaban J connectivity index is 1.64. The molecule has 1 N–H and O–H groups in total. The van der Waals surface area contributed by atoms with Gasteiger partial charge in [0, 0.05) is 31.6 Å². The summed E-state index contributed by atoms with van der Waals surface area (Å²) in [7, 11) is 0. The molecule has 35 heavy (non-hydrogen) atoms. The number of hydrogen-bond acceptors (Lipinski definition) is 6. The normalized spacial score (nSPS) is 39.9.